The third-order valence-corrected chi connectivity index (χ3v) is 7.80. The van der Waals surface area contributed by atoms with Crippen molar-refractivity contribution in [2.24, 2.45) is 0 Å². The van der Waals surface area contributed by atoms with Gasteiger partial charge in [-0.05, 0) is 57.7 Å². The Labute approximate surface area is 211 Å². The number of nitrogens with one attached hydrogen (secondary N) is 1. The first-order valence-electron chi connectivity index (χ1n) is 13.3. The summed E-state index contributed by atoms with van der Waals surface area (Å²) in [6.45, 7) is 3.15. The molecule has 1 aromatic carbocycles. The quantitative estimate of drug-likeness (QED) is 0.468. The molecule has 2 aromatic rings. The van der Waals surface area contributed by atoms with Crippen molar-refractivity contribution in [2.75, 3.05) is 11.9 Å². The maximum atomic E-state index is 13.6. The molecule has 0 amide bonds. The first-order chi connectivity index (χ1) is 17.3. The van der Waals surface area contributed by atoms with Crippen molar-refractivity contribution in [3.05, 3.63) is 34.6 Å². The summed E-state index contributed by atoms with van der Waals surface area (Å²) in [5.41, 5.74) is 0.837. The van der Waals surface area contributed by atoms with Crippen LogP contribution in [0.1, 0.15) is 83.6 Å². The minimum Gasteiger partial charge on any atom is -0.481 e. The summed E-state index contributed by atoms with van der Waals surface area (Å²) in [4.78, 5) is 43.4. The molecule has 1 aliphatic carbocycles. The van der Waals surface area contributed by atoms with E-state index in [1.54, 1.807) is 10.6 Å². The molecule has 2 fully saturated rings. The SMILES string of the molecule is C[C@@H](C[C@@H]1CCCN1C1CCCCCCC1)n1c(=O)c(N[C@H](CC(=O)O)C(=O)O)nc2ccccc21. The predicted molar refractivity (Wildman–Crippen MR) is 138 cm³/mol. The molecule has 9 nitrogen and oxygen atoms in total. The monoisotopic (exact) mass is 498 g/mol. The smallest absolute Gasteiger partial charge is 0.326 e. The lowest BCUT2D eigenvalue weighted by atomic mass is 9.94. The van der Waals surface area contributed by atoms with Gasteiger partial charge in [0.2, 0.25) is 0 Å². The largest absolute Gasteiger partial charge is 0.481 e. The Balaban J connectivity index is 1.61. The van der Waals surface area contributed by atoms with Crippen molar-refractivity contribution >= 4 is 28.8 Å². The number of carboxylic acid groups (broad SMARTS) is 2. The van der Waals surface area contributed by atoms with Gasteiger partial charge in [0.1, 0.15) is 6.04 Å². The summed E-state index contributed by atoms with van der Waals surface area (Å²) in [6.07, 6.45) is 11.5. The molecule has 0 radical (unpaired) electrons. The maximum Gasteiger partial charge on any atom is 0.326 e. The van der Waals surface area contributed by atoms with Gasteiger partial charge in [-0.1, -0.05) is 44.2 Å². The summed E-state index contributed by atoms with van der Waals surface area (Å²) in [5.74, 6) is -2.73. The number of fused-ring (bicyclic) bond motifs is 1. The molecule has 3 atom stereocenters. The van der Waals surface area contributed by atoms with Gasteiger partial charge in [-0.3, -0.25) is 14.5 Å². The van der Waals surface area contributed by atoms with E-state index in [0.29, 0.717) is 23.1 Å². The van der Waals surface area contributed by atoms with E-state index in [2.05, 4.69) is 15.2 Å². The second kappa shape index (κ2) is 11.9. The summed E-state index contributed by atoms with van der Waals surface area (Å²) < 4.78 is 1.71. The molecule has 1 saturated heterocycles. The van der Waals surface area contributed by atoms with E-state index in [1.165, 1.54) is 51.4 Å². The Hall–Kier alpha value is -2.94. The van der Waals surface area contributed by atoms with Gasteiger partial charge in [0.05, 0.1) is 17.5 Å². The zero-order valence-electron chi connectivity index (χ0n) is 21.1. The van der Waals surface area contributed by atoms with E-state index in [9.17, 15) is 19.5 Å². The Morgan fingerprint density at radius 3 is 2.44 bits per heavy atom. The fourth-order valence-corrected chi connectivity index (χ4v) is 6.08. The molecule has 9 heteroatoms. The number of aromatic nitrogens is 2. The fourth-order valence-electron chi connectivity index (χ4n) is 6.08. The van der Waals surface area contributed by atoms with Crippen molar-refractivity contribution in [3.8, 4) is 0 Å². The van der Waals surface area contributed by atoms with Crippen molar-refractivity contribution in [1.82, 2.24) is 14.5 Å². The Bertz CT molecular complexity index is 1120. The zero-order chi connectivity index (χ0) is 25.7. The van der Waals surface area contributed by atoms with E-state index in [4.69, 9.17) is 5.11 Å². The third kappa shape index (κ3) is 6.06. The number of carboxylic acids is 2. The van der Waals surface area contributed by atoms with Crippen molar-refractivity contribution in [3.63, 3.8) is 0 Å². The Morgan fingerprint density at radius 2 is 1.75 bits per heavy atom. The topological polar surface area (TPSA) is 125 Å². The van der Waals surface area contributed by atoms with Crippen LogP contribution in [0.25, 0.3) is 11.0 Å². The molecule has 196 valence electrons. The molecule has 2 heterocycles. The highest BCUT2D eigenvalue weighted by atomic mass is 16.4. The number of hydrogen-bond donors (Lipinski definition) is 3. The third-order valence-electron chi connectivity index (χ3n) is 7.80. The van der Waals surface area contributed by atoms with Crippen LogP contribution in [0, 0.1) is 0 Å². The van der Waals surface area contributed by atoms with Crippen molar-refractivity contribution < 1.29 is 19.8 Å². The molecule has 36 heavy (non-hydrogen) atoms. The molecule has 2 aliphatic rings. The average Bonchev–Trinajstić information content (AvgIpc) is 3.26. The zero-order valence-corrected chi connectivity index (χ0v) is 21.1. The molecule has 1 aliphatic heterocycles. The minimum absolute atomic E-state index is 0.127. The van der Waals surface area contributed by atoms with Crippen LogP contribution in [0.4, 0.5) is 5.82 Å². The van der Waals surface area contributed by atoms with Gasteiger partial charge in [-0.25, -0.2) is 9.78 Å². The molecule has 0 unspecified atom stereocenters. The van der Waals surface area contributed by atoms with Gasteiger partial charge in [0.15, 0.2) is 5.82 Å². The van der Waals surface area contributed by atoms with Crippen LogP contribution >= 0.6 is 0 Å². The van der Waals surface area contributed by atoms with Crippen LogP contribution < -0.4 is 10.9 Å². The lowest BCUT2D eigenvalue weighted by Gasteiger charge is -2.36. The molecule has 0 spiro atoms. The number of hydrogen-bond acceptors (Lipinski definition) is 6. The van der Waals surface area contributed by atoms with Gasteiger partial charge in [0, 0.05) is 18.1 Å². The Morgan fingerprint density at radius 1 is 1.06 bits per heavy atom. The fraction of sp³-hybridized carbons (Fsp3) is 0.630. The molecular weight excluding hydrogens is 460 g/mol. The number of rotatable bonds is 9. The first-order valence-corrected chi connectivity index (χ1v) is 13.3. The molecule has 4 rings (SSSR count). The van der Waals surface area contributed by atoms with Gasteiger partial charge < -0.3 is 20.1 Å². The van der Waals surface area contributed by atoms with Crippen LogP contribution in [-0.2, 0) is 9.59 Å². The van der Waals surface area contributed by atoms with Crippen LogP contribution in [0.15, 0.2) is 29.1 Å². The number of aliphatic carboxylic acids is 2. The lowest BCUT2D eigenvalue weighted by Crippen LogP contribution is -2.41. The molecular formula is C27H38N4O5. The van der Waals surface area contributed by atoms with E-state index in [0.717, 1.165) is 19.4 Å². The van der Waals surface area contributed by atoms with Gasteiger partial charge in [0.25, 0.3) is 5.56 Å². The van der Waals surface area contributed by atoms with Crippen molar-refractivity contribution in [1.29, 1.82) is 0 Å². The predicted octanol–water partition coefficient (Wildman–Crippen LogP) is 4.26. The minimum atomic E-state index is -1.45. The normalized spacial score (nSPS) is 21.5. The van der Waals surface area contributed by atoms with Crippen LogP contribution in [0.3, 0.4) is 0 Å². The van der Waals surface area contributed by atoms with Gasteiger partial charge in [-0.2, -0.15) is 0 Å². The van der Waals surface area contributed by atoms with Crippen molar-refractivity contribution in [2.45, 2.75) is 102 Å². The number of anilines is 1. The average molecular weight is 499 g/mol. The number of benzene rings is 1. The standard InChI is InChI=1S/C27H38N4O5/c1-18(16-20-12-9-15-30(20)19-10-5-3-2-4-6-11-19)31-23-14-8-7-13-21(23)28-25(26(31)34)29-22(27(35)36)17-24(32)33/h7-8,13-14,18-20,22H,2-6,9-12,15-17H2,1H3,(H,28,29)(H,32,33)(H,35,36)/t18-,20-,22+/m0/s1. The number of likely N-dealkylation sites (tertiary alicyclic amines) is 1. The van der Waals surface area contributed by atoms with Crippen LogP contribution in [0.5, 0.6) is 0 Å². The second-order valence-electron chi connectivity index (χ2n) is 10.4. The van der Waals surface area contributed by atoms with E-state index in [-0.39, 0.29) is 11.9 Å². The summed E-state index contributed by atoms with van der Waals surface area (Å²) in [6, 6.07) is 6.76. The summed E-state index contributed by atoms with van der Waals surface area (Å²) >= 11 is 0. The maximum absolute atomic E-state index is 13.6. The number of carbonyl (C=O) groups is 2. The van der Waals surface area contributed by atoms with Gasteiger partial charge >= 0.3 is 11.9 Å². The molecule has 1 aromatic heterocycles. The molecule has 0 bridgehead atoms. The number of para-hydroxylation sites is 2. The van der Waals surface area contributed by atoms with Gasteiger partial charge in [-0.15, -0.1) is 0 Å². The van der Waals surface area contributed by atoms with E-state index < -0.39 is 30.0 Å². The van der Waals surface area contributed by atoms with E-state index in [1.807, 2.05) is 25.1 Å². The first kappa shape index (κ1) is 26.1. The lowest BCUT2D eigenvalue weighted by molar-refractivity contribution is -0.144. The molecule has 1 saturated carbocycles. The Kier molecular flexibility index (Phi) is 8.61. The highest BCUT2D eigenvalue weighted by molar-refractivity contribution is 5.84. The number of nitrogens with zero attached hydrogens (tertiary/aromatic N) is 3. The molecule has 3 N–H and O–H groups in total. The van der Waals surface area contributed by atoms with E-state index >= 15 is 0 Å². The second-order valence-corrected chi connectivity index (χ2v) is 10.4. The summed E-state index contributed by atoms with van der Waals surface area (Å²) in [5, 5.41) is 21.2. The van der Waals surface area contributed by atoms with Crippen LogP contribution in [0.2, 0.25) is 0 Å². The highest BCUT2D eigenvalue weighted by Gasteiger charge is 2.32. The highest BCUT2D eigenvalue weighted by Crippen LogP contribution is 2.32. The van der Waals surface area contributed by atoms with Crippen LogP contribution in [-0.4, -0.2) is 61.3 Å². The summed E-state index contributed by atoms with van der Waals surface area (Å²) in [7, 11) is 0.